The summed E-state index contributed by atoms with van der Waals surface area (Å²) in [5, 5.41) is 9.90. The van der Waals surface area contributed by atoms with E-state index in [1.54, 1.807) is 18.4 Å². The van der Waals surface area contributed by atoms with Crippen LogP contribution < -0.4 is 10.6 Å². The topological polar surface area (TPSA) is 58.5 Å². The Morgan fingerprint density at radius 1 is 1.19 bits per heavy atom. The molecule has 7 heteroatoms. The van der Waals surface area contributed by atoms with E-state index in [0.29, 0.717) is 19.1 Å². The third-order valence-corrected chi connectivity index (χ3v) is 5.17. The van der Waals surface area contributed by atoms with E-state index >= 15 is 0 Å². The number of aliphatic imine (C=N–C) groups is 1. The number of hydrogen-bond donors (Lipinski definition) is 2. The van der Waals surface area contributed by atoms with E-state index < -0.39 is 0 Å². The molecule has 5 nitrogen and oxygen atoms in total. The number of thiazole rings is 1. The van der Waals surface area contributed by atoms with Crippen molar-refractivity contribution in [3.8, 4) is 0 Å². The van der Waals surface area contributed by atoms with Crippen LogP contribution in [0.1, 0.15) is 55.5 Å². The lowest BCUT2D eigenvalue weighted by Crippen LogP contribution is -2.37. The summed E-state index contributed by atoms with van der Waals surface area (Å²) in [7, 11) is 1.78. The van der Waals surface area contributed by atoms with Crippen molar-refractivity contribution >= 4 is 41.3 Å². The molecule has 27 heavy (non-hydrogen) atoms. The van der Waals surface area contributed by atoms with Gasteiger partial charge < -0.3 is 15.4 Å². The fraction of sp³-hybridized carbons (Fsp3) is 0.500. The van der Waals surface area contributed by atoms with Gasteiger partial charge in [-0.2, -0.15) is 0 Å². The molecule has 150 valence electrons. The molecular formula is C20H31IN4OS. The maximum atomic E-state index is 5.89. The molecule has 1 aromatic heterocycles. The smallest absolute Gasteiger partial charge is 0.191 e. The van der Waals surface area contributed by atoms with E-state index in [2.05, 4.69) is 58.9 Å². The molecule has 0 radical (unpaired) electrons. The molecule has 0 bridgehead atoms. The number of hydrogen-bond acceptors (Lipinski definition) is 4. The summed E-state index contributed by atoms with van der Waals surface area (Å²) in [5.74, 6) is 1.27. The van der Waals surface area contributed by atoms with Gasteiger partial charge in [-0.1, -0.05) is 44.2 Å². The molecule has 1 atom stereocenters. The van der Waals surface area contributed by atoms with Crippen LogP contribution in [0.15, 0.2) is 40.7 Å². The van der Waals surface area contributed by atoms with Gasteiger partial charge in [0.25, 0.3) is 0 Å². The van der Waals surface area contributed by atoms with Gasteiger partial charge in [-0.15, -0.1) is 35.3 Å². The summed E-state index contributed by atoms with van der Waals surface area (Å²) in [5.41, 5.74) is 2.27. The third kappa shape index (κ3) is 8.57. The predicted molar refractivity (Wildman–Crippen MR) is 125 cm³/mol. The lowest BCUT2D eigenvalue weighted by Gasteiger charge is -2.14. The fourth-order valence-corrected chi connectivity index (χ4v) is 3.26. The second kappa shape index (κ2) is 13.1. The minimum atomic E-state index is 0. The van der Waals surface area contributed by atoms with Gasteiger partial charge in [0, 0.05) is 31.5 Å². The van der Waals surface area contributed by atoms with Crippen LogP contribution in [0.5, 0.6) is 0 Å². The first-order chi connectivity index (χ1) is 12.6. The second-order valence-corrected chi connectivity index (χ2v) is 7.35. The van der Waals surface area contributed by atoms with Gasteiger partial charge in [-0.05, 0) is 18.9 Å². The van der Waals surface area contributed by atoms with Crippen LogP contribution in [0, 0.1) is 0 Å². The Hall–Kier alpha value is -1.19. The Morgan fingerprint density at radius 2 is 1.93 bits per heavy atom. The molecule has 1 aromatic carbocycles. The van der Waals surface area contributed by atoms with E-state index in [0.717, 1.165) is 24.6 Å². The minimum absolute atomic E-state index is 0. The van der Waals surface area contributed by atoms with E-state index in [4.69, 9.17) is 4.74 Å². The first-order valence-corrected chi connectivity index (χ1v) is 10.0. The molecule has 0 aliphatic heterocycles. The molecule has 2 N–H and O–H groups in total. The van der Waals surface area contributed by atoms with Crippen molar-refractivity contribution in [2.75, 3.05) is 20.2 Å². The molecule has 0 saturated carbocycles. The summed E-state index contributed by atoms with van der Waals surface area (Å²) < 4.78 is 5.89. The Bertz CT molecular complexity index is 676. The van der Waals surface area contributed by atoms with Crippen molar-refractivity contribution in [1.82, 2.24) is 15.6 Å². The van der Waals surface area contributed by atoms with Gasteiger partial charge in [0.05, 0.1) is 23.4 Å². The molecule has 2 rings (SSSR count). The number of benzene rings is 1. The van der Waals surface area contributed by atoms with Crippen molar-refractivity contribution in [3.05, 3.63) is 52.0 Å². The van der Waals surface area contributed by atoms with Gasteiger partial charge in [-0.25, -0.2) is 4.98 Å². The van der Waals surface area contributed by atoms with Gasteiger partial charge >= 0.3 is 0 Å². The van der Waals surface area contributed by atoms with Gasteiger partial charge in [0.1, 0.15) is 0 Å². The zero-order chi connectivity index (χ0) is 18.8. The summed E-state index contributed by atoms with van der Waals surface area (Å²) in [6.45, 7) is 8.63. The number of nitrogens with one attached hydrogen (secondary N) is 2. The first-order valence-electron chi connectivity index (χ1n) is 9.15. The van der Waals surface area contributed by atoms with Gasteiger partial charge in [0.2, 0.25) is 0 Å². The van der Waals surface area contributed by atoms with Crippen LogP contribution in [0.2, 0.25) is 0 Å². The zero-order valence-corrected chi connectivity index (χ0v) is 19.7. The summed E-state index contributed by atoms with van der Waals surface area (Å²) in [6, 6.07) is 10.3. The molecule has 0 amide bonds. The zero-order valence-electron chi connectivity index (χ0n) is 16.6. The standard InChI is InChI=1S/C20H30N4OS.HI/c1-15(2)19-24-18(14-26-19)13-23-20(21-4)22-11-8-12-25-16(3)17-9-6-5-7-10-17;/h5-7,9-10,14-16H,8,11-13H2,1-4H3,(H2,21,22,23);1H. The van der Waals surface area contributed by atoms with Crippen molar-refractivity contribution in [2.24, 2.45) is 4.99 Å². The maximum absolute atomic E-state index is 5.89. The van der Waals surface area contributed by atoms with Crippen molar-refractivity contribution in [1.29, 1.82) is 0 Å². The molecule has 2 aromatic rings. The Kier molecular flexibility index (Phi) is 11.5. The number of ether oxygens (including phenoxy) is 1. The monoisotopic (exact) mass is 502 g/mol. The highest BCUT2D eigenvalue weighted by Crippen LogP contribution is 2.19. The molecule has 0 aliphatic rings. The summed E-state index contributed by atoms with van der Waals surface area (Å²) in [4.78, 5) is 8.88. The van der Waals surface area contributed by atoms with Gasteiger partial charge in [0.15, 0.2) is 5.96 Å². The summed E-state index contributed by atoms with van der Waals surface area (Å²) >= 11 is 1.71. The molecule has 0 fully saturated rings. The molecule has 1 heterocycles. The lowest BCUT2D eigenvalue weighted by atomic mass is 10.1. The minimum Gasteiger partial charge on any atom is -0.374 e. The normalized spacial score (nSPS) is 12.6. The SMILES string of the molecule is CN=C(NCCCOC(C)c1ccccc1)NCc1csc(C(C)C)n1.I. The second-order valence-electron chi connectivity index (χ2n) is 6.46. The van der Waals surface area contributed by atoms with Crippen LogP contribution in [0.25, 0.3) is 0 Å². The Balaban J connectivity index is 0.00000364. The third-order valence-electron chi connectivity index (χ3n) is 3.97. The molecule has 0 spiro atoms. The highest BCUT2D eigenvalue weighted by Gasteiger charge is 2.07. The van der Waals surface area contributed by atoms with E-state index in [9.17, 15) is 0 Å². The number of rotatable bonds is 9. The Labute approximate surface area is 184 Å². The quantitative estimate of drug-likeness (QED) is 0.226. The number of guanidine groups is 1. The number of aromatic nitrogens is 1. The van der Waals surface area contributed by atoms with Crippen LogP contribution in [0.3, 0.4) is 0 Å². The van der Waals surface area contributed by atoms with Crippen LogP contribution >= 0.6 is 35.3 Å². The van der Waals surface area contributed by atoms with E-state index in [1.807, 2.05) is 18.2 Å². The molecule has 0 saturated heterocycles. The van der Waals surface area contributed by atoms with Crippen molar-refractivity contribution < 1.29 is 4.74 Å². The molecular weight excluding hydrogens is 471 g/mol. The number of halogens is 1. The van der Waals surface area contributed by atoms with Crippen LogP contribution in [-0.4, -0.2) is 31.1 Å². The average molecular weight is 502 g/mol. The number of nitrogens with zero attached hydrogens (tertiary/aromatic N) is 2. The fourth-order valence-electron chi connectivity index (χ4n) is 2.42. The van der Waals surface area contributed by atoms with Crippen molar-refractivity contribution in [2.45, 2.75) is 45.8 Å². The lowest BCUT2D eigenvalue weighted by molar-refractivity contribution is 0.0646. The Morgan fingerprint density at radius 3 is 2.56 bits per heavy atom. The average Bonchev–Trinajstić information content (AvgIpc) is 3.14. The van der Waals surface area contributed by atoms with Crippen LogP contribution in [0.4, 0.5) is 0 Å². The predicted octanol–water partition coefficient (Wildman–Crippen LogP) is 4.72. The van der Waals surface area contributed by atoms with Crippen molar-refractivity contribution in [3.63, 3.8) is 0 Å². The van der Waals surface area contributed by atoms with E-state index in [-0.39, 0.29) is 30.1 Å². The highest BCUT2D eigenvalue weighted by atomic mass is 127. The molecule has 1 unspecified atom stereocenters. The van der Waals surface area contributed by atoms with E-state index in [1.165, 1.54) is 10.6 Å². The molecule has 0 aliphatic carbocycles. The van der Waals surface area contributed by atoms with Crippen LogP contribution in [-0.2, 0) is 11.3 Å². The summed E-state index contributed by atoms with van der Waals surface area (Å²) in [6.07, 6.45) is 1.04. The van der Waals surface area contributed by atoms with Gasteiger partial charge in [-0.3, -0.25) is 4.99 Å². The highest BCUT2D eigenvalue weighted by molar-refractivity contribution is 14.0. The first kappa shape index (κ1) is 23.8. The maximum Gasteiger partial charge on any atom is 0.191 e. The largest absolute Gasteiger partial charge is 0.374 e.